The molecule has 3 heterocycles. The van der Waals surface area contributed by atoms with Crippen molar-refractivity contribution in [2.75, 3.05) is 26.7 Å². The molecule has 1 aromatic heterocycles. The lowest BCUT2D eigenvalue weighted by Gasteiger charge is -2.30. The largest absolute Gasteiger partial charge is 0.491 e. The van der Waals surface area contributed by atoms with Gasteiger partial charge in [0.05, 0.1) is 12.5 Å². The van der Waals surface area contributed by atoms with Crippen LogP contribution in [-0.2, 0) is 27.2 Å². The number of aryl methyl sites for hydroxylation is 1. The van der Waals surface area contributed by atoms with Gasteiger partial charge in [0, 0.05) is 50.6 Å². The molecule has 0 radical (unpaired) electrons. The molecule has 2 bridgehead atoms. The van der Waals surface area contributed by atoms with E-state index in [0.29, 0.717) is 24.2 Å². The van der Waals surface area contributed by atoms with Crippen LogP contribution in [0.2, 0.25) is 0 Å². The van der Waals surface area contributed by atoms with E-state index in [4.69, 9.17) is 4.74 Å². The molecule has 1 fully saturated rings. The SMILES string of the molecule is CN1CC[C@H](NC(=O)CCc2ccncc2)C(=O)N2C[C@@H](NC(=O)Cc3ccc4ccccc4c3)C[C@H]2COc2cccc(c2)C1=O. The number of rotatable bonds is 7. The zero-order valence-electron chi connectivity index (χ0n) is 26.4. The van der Waals surface area contributed by atoms with E-state index >= 15 is 0 Å². The van der Waals surface area contributed by atoms with Crippen LogP contribution in [0.4, 0.5) is 0 Å². The Labute approximate surface area is 274 Å². The molecule has 3 aromatic carbocycles. The van der Waals surface area contributed by atoms with Gasteiger partial charge in [0.1, 0.15) is 18.4 Å². The first-order chi connectivity index (χ1) is 22.8. The predicted octanol–water partition coefficient (Wildman–Crippen LogP) is 3.54. The minimum Gasteiger partial charge on any atom is -0.491 e. The molecule has 2 N–H and O–H groups in total. The Kier molecular flexibility index (Phi) is 9.75. The number of nitrogens with one attached hydrogen (secondary N) is 2. The number of amides is 4. The summed E-state index contributed by atoms with van der Waals surface area (Å²) in [6, 6.07) is 23.3. The van der Waals surface area contributed by atoms with Gasteiger partial charge < -0.3 is 25.2 Å². The van der Waals surface area contributed by atoms with Crippen LogP contribution in [-0.4, -0.2) is 83.3 Å². The van der Waals surface area contributed by atoms with E-state index in [9.17, 15) is 19.2 Å². The molecule has 10 nitrogen and oxygen atoms in total. The van der Waals surface area contributed by atoms with E-state index in [-0.39, 0.29) is 74.7 Å². The maximum atomic E-state index is 14.2. The van der Waals surface area contributed by atoms with Crippen LogP contribution in [0.5, 0.6) is 5.75 Å². The second kappa shape index (κ2) is 14.5. The number of hydrogen-bond donors (Lipinski definition) is 2. The number of pyridine rings is 1. The van der Waals surface area contributed by atoms with E-state index in [2.05, 4.69) is 15.6 Å². The Bertz CT molecular complexity index is 1760. The number of carbonyl (C=O) groups excluding carboxylic acids is 4. The highest BCUT2D eigenvalue weighted by Crippen LogP contribution is 2.24. The molecule has 0 aliphatic carbocycles. The van der Waals surface area contributed by atoms with Gasteiger partial charge in [0.15, 0.2) is 0 Å². The van der Waals surface area contributed by atoms with E-state index < -0.39 is 6.04 Å². The second-order valence-corrected chi connectivity index (χ2v) is 12.3. The maximum Gasteiger partial charge on any atom is 0.253 e. The van der Waals surface area contributed by atoms with Gasteiger partial charge in [-0.05, 0) is 71.5 Å². The van der Waals surface area contributed by atoms with Gasteiger partial charge in [-0.25, -0.2) is 0 Å². The molecule has 2 aliphatic heterocycles. The van der Waals surface area contributed by atoms with Crippen LogP contribution in [0, 0.1) is 0 Å². The van der Waals surface area contributed by atoms with Crippen LogP contribution in [0.25, 0.3) is 10.8 Å². The molecule has 1 saturated heterocycles. The van der Waals surface area contributed by atoms with E-state index in [1.807, 2.05) is 54.6 Å². The number of ether oxygens (including phenoxy) is 1. The summed E-state index contributed by atoms with van der Waals surface area (Å²) < 4.78 is 6.13. The van der Waals surface area contributed by atoms with Crippen LogP contribution < -0.4 is 15.4 Å². The fourth-order valence-electron chi connectivity index (χ4n) is 6.35. The molecule has 4 amide bonds. The Morgan fingerprint density at radius 2 is 1.70 bits per heavy atom. The van der Waals surface area contributed by atoms with Gasteiger partial charge >= 0.3 is 0 Å². The molecule has 242 valence electrons. The highest BCUT2D eigenvalue weighted by Gasteiger charge is 2.39. The molecule has 3 atom stereocenters. The highest BCUT2D eigenvalue weighted by molar-refractivity contribution is 5.94. The summed E-state index contributed by atoms with van der Waals surface area (Å²) in [4.78, 5) is 61.0. The minimum atomic E-state index is -0.853. The summed E-state index contributed by atoms with van der Waals surface area (Å²) in [7, 11) is 1.68. The molecule has 47 heavy (non-hydrogen) atoms. The average molecular weight is 634 g/mol. The summed E-state index contributed by atoms with van der Waals surface area (Å²) in [5.74, 6) is -0.297. The minimum absolute atomic E-state index is 0.123. The number of benzene rings is 3. The molecular weight excluding hydrogens is 594 g/mol. The maximum absolute atomic E-state index is 14.2. The van der Waals surface area contributed by atoms with E-state index in [1.165, 1.54) is 0 Å². The Morgan fingerprint density at radius 1 is 0.894 bits per heavy atom. The van der Waals surface area contributed by atoms with Crippen molar-refractivity contribution in [3.63, 3.8) is 0 Å². The molecule has 0 unspecified atom stereocenters. The number of nitrogens with zero attached hydrogens (tertiary/aromatic N) is 3. The Hall–Kier alpha value is -5.25. The van der Waals surface area contributed by atoms with Crippen molar-refractivity contribution in [3.8, 4) is 5.75 Å². The summed E-state index contributed by atoms with van der Waals surface area (Å²) in [5, 5.41) is 8.28. The monoisotopic (exact) mass is 633 g/mol. The summed E-state index contributed by atoms with van der Waals surface area (Å²) in [5.41, 5.74) is 2.37. The zero-order valence-corrected chi connectivity index (χ0v) is 26.4. The topological polar surface area (TPSA) is 121 Å². The van der Waals surface area contributed by atoms with Gasteiger partial charge in [-0.15, -0.1) is 0 Å². The Morgan fingerprint density at radius 3 is 2.53 bits per heavy atom. The number of hydrogen-bond acceptors (Lipinski definition) is 6. The smallest absolute Gasteiger partial charge is 0.253 e. The third-order valence-electron chi connectivity index (χ3n) is 8.89. The fourth-order valence-corrected chi connectivity index (χ4v) is 6.35. The lowest BCUT2D eigenvalue weighted by atomic mass is 10.0. The molecule has 10 heteroatoms. The van der Waals surface area contributed by atoms with Crippen LogP contribution >= 0.6 is 0 Å². The van der Waals surface area contributed by atoms with Crippen molar-refractivity contribution < 1.29 is 23.9 Å². The first kappa shape index (κ1) is 31.7. The molecule has 4 aromatic rings. The van der Waals surface area contributed by atoms with Gasteiger partial charge in [-0.2, -0.15) is 0 Å². The number of fused-ring (bicyclic) bond motifs is 4. The molecule has 6 rings (SSSR count). The normalized spacial score (nSPS) is 20.0. The van der Waals surface area contributed by atoms with Crippen LogP contribution in [0.15, 0.2) is 91.3 Å². The summed E-state index contributed by atoms with van der Waals surface area (Å²) in [6.45, 7) is 0.725. The second-order valence-electron chi connectivity index (χ2n) is 12.3. The van der Waals surface area contributed by atoms with Gasteiger partial charge in [-0.1, -0.05) is 48.5 Å². The summed E-state index contributed by atoms with van der Waals surface area (Å²) in [6.07, 6.45) is 5.03. The van der Waals surface area contributed by atoms with Crippen molar-refractivity contribution in [3.05, 3.63) is 108 Å². The molecular formula is C37H39N5O5. The molecule has 0 spiro atoms. The third-order valence-corrected chi connectivity index (χ3v) is 8.89. The molecule has 0 saturated carbocycles. The molecule has 2 aliphatic rings. The van der Waals surface area contributed by atoms with Crippen LogP contribution in [0.3, 0.4) is 0 Å². The summed E-state index contributed by atoms with van der Waals surface area (Å²) >= 11 is 0. The van der Waals surface area contributed by atoms with Gasteiger partial charge in [-0.3, -0.25) is 24.2 Å². The van der Waals surface area contributed by atoms with E-state index in [1.54, 1.807) is 53.5 Å². The van der Waals surface area contributed by atoms with Crippen molar-refractivity contribution in [1.82, 2.24) is 25.4 Å². The standard InChI is InChI=1S/C37H39N5O5/c1-41-18-15-33(40-34(43)12-10-25-13-16-38-17-14-25)37(46)42-23-30(22-31(42)24-47-32-8-4-7-29(21-32)36(41)45)39-35(44)20-26-9-11-27-5-2-3-6-28(27)19-26/h2-9,11,13-14,16-17,19,21,30-31,33H,10,12,15,18,20,22-24H2,1H3,(H,39,44)(H,40,43)/t30-,31-,33-/m0/s1. The van der Waals surface area contributed by atoms with Crippen LogP contribution in [0.1, 0.15) is 40.7 Å². The average Bonchev–Trinajstić information content (AvgIpc) is 3.49. The quantitative estimate of drug-likeness (QED) is 0.321. The fraction of sp³-hybridized carbons (Fsp3) is 0.324. The number of carbonyl (C=O) groups is 4. The van der Waals surface area contributed by atoms with Crippen molar-refractivity contribution in [2.24, 2.45) is 0 Å². The van der Waals surface area contributed by atoms with Crippen molar-refractivity contribution in [2.45, 2.75) is 50.2 Å². The Balaban J connectivity index is 1.18. The lowest BCUT2D eigenvalue weighted by molar-refractivity contribution is -0.138. The lowest BCUT2D eigenvalue weighted by Crippen LogP contribution is -2.52. The van der Waals surface area contributed by atoms with Crippen molar-refractivity contribution >= 4 is 34.4 Å². The first-order valence-electron chi connectivity index (χ1n) is 16.1. The predicted molar refractivity (Wildman–Crippen MR) is 178 cm³/mol. The van der Waals surface area contributed by atoms with Crippen molar-refractivity contribution in [1.29, 1.82) is 0 Å². The van der Waals surface area contributed by atoms with Gasteiger partial charge in [0.25, 0.3) is 5.91 Å². The number of aromatic nitrogens is 1. The van der Waals surface area contributed by atoms with Gasteiger partial charge in [0.2, 0.25) is 17.7 Å². The van der Waals surface area contributed by atoms with E-state index in [0.717, 1.165) is 21.9 Å². The first-order valence-corrected chi connectivity index (χ1v) is 16.1. The zero-order chi connectivity index (χ0) is 32.8. The third kappa shape index (κ3) is 7.95. The highest BCUT2D eigenvalue weighted by atomic mass is 16.5.